The van der Waals surface area contributed by atoms with Gasteiger partial charge < -0.3 is 20.4 Å². The highest BCUT2D eigenvalue weighted by Crippen LogP contribution is 2.37. The third-order valence-corrected chi connectivity index (χ3v) is 7.21. The highest BCUT2D eigenvalue weighted by Gasteiger charge is 2.24. The van der Waals surface area contributed by atoms with Crippen LogP contribution in [-0.4, -0.2) is 41.4 Å². The van der Waals surface area contributed by atoms with Crippen molar-refractivity contribution in [1.29, 1.82) is 0 Å². The van der Waals surface area contributed by atoms with E-state index < -0.39 is 19.4 Å². The van der Waals surface area contributed by atoms with E-state index in [2.05, 4.69) is 10.6 Å². The maximum atomic E-state index is 11.4. The van der Waals surface area contributed by atoms with Gasteiger partial charge in [-0.05, 0) is 24.7 Å². The van der Waals surface area contributed by atoms with Crippen LogP contribution in [0.15, 0.2) is 0 Å². The van der Waals surface area contributed by atoms with Gasteiger partial charge in [-0.3, -0.25) is 14.2 Å². The summed E-state index contributed by atoms with van der Waals surface area (Å²) in [5.41, 5.74) is 0. The summed E-state index contributed by atoms with van der Waals surface area (Å²) < 4.78 is 10.8. The van der Waals surface area contributed by atoms with E-state index in [-0.39, 0.29) is 6.16 Å². The Balaban J connectivity index is 2.07. The van der Waals surface area contributed by atoms with Gasteiger partial charge in [0.05, 0.1) is 0 Å². The van der Waals surface area contributed by atoms with Gasteiger partial charge in [0.2, 0.25) is 0 Å². The molecular weight excluding hydrogens is 403 g/mol. The van der Waals surface area contributed by atoms with Gasteiger partial charge in [0, 0.05) is 19.8 Å². The Morgan fingerprint density at radius 2 is 1.30 bits per heavy atom. The zero-order valence-corrected chi connectivity index (χ0v) is 19.6. The van der Waals surface area contributed by atoms with Crippen LogP contribution in [0, 0.1) is 11.8 Å². The summed E-state index contributed by atoms with van der Waals surface area (Å²) in [4.78, 5) is 40.3. The Morgan fingerprint density at radius 1 is 0.800 bits per heavy atom. The molecule has 0 bridgehead atoms. The van der Waals surface area contributed by atoms with Gasteiger partial charge in [-0.15, -0.1) is 0 Å². The molecule has 2 unspecified atom stereocenters. The Bertz CT molecular complexity index is 538. The average Bonchev–Trinajstić information content (AvgIpc) is 2.71. The van der Waals surface area contributed by atoms with Crippen molar-refractivity contribution in [2.45, 2.75) is 96.3 Å². The summed E-state index contributed by atoms with van der Waals surface area (Å²) >= 11 is 0. The minimum Gasteiger partial charge on any atom is -0.351 e. The second-order valence-electron chi connectivity index (χ2n) is 8.79. The molecule has 1 aliphatic rings. The summed E-state index contributed by atoms with van der Waals surface area (Å²) in [7, 11) is -2.35. The standard InChI is InChI=1S/C22H43N2O5P/c1-23-21(25)22(26)24-17-11-10-16-20-15-9-8-14-19(20)13-7-5-3-2-4-6-12-18-30(27,28)29/h19-20H,2-18H2,1H3,(H,23,25)(H,24,26)(H2,27,28,29). The predicted molar refractivity (Wildman–Crippen MR) is 120 cm³/mol. The van der Waals surface area contributed by atoms with Crippen LogP contribution in [0.5, 0.6) is 0 Å². The van der Waals surface area contributed by atoms with E-state index in [4.69, 9.17) is 9.79 Å². The highest BCUT2D eigenvalue weighted by atomic mass is 31.2. The molecule has 2 amide bonds. The maximum Gasteiger partial charge on any atom is 0.325 e. The van der Waals surface area contributed by atoms with Crippen molar-refractivity contribution in [2.24, 2.45) is 11.8 Å². The van der Waals surface area contributed by atoms with Crippen LogP contribution in [0.4, 0.5) is 0 Å². The molecule has 0 aromatic carbocycles. The number of unbranched alkanes of at least 4 members (excludes halogenated alkanes) is 7. The van der Waals surface area contributed by atoms with E-state index in [1.807, 2.05) is 0 Å². The minimum absolute atomic E-state index is 0.0243. The van der Waals surface area contributed by atoms with Crippen LogP contribution in [-0.2, 0) is 14.2 Å². The van der Waals surface area contributed by atoms with Gasteiger partial charge in [-0.2, -0.15) is 0 Å². The Labute approximate surface area is 182 Å². The molecule has 7 nitrogen and oxygen atoms in total. The SMILES string of the molecule is CNC(=O)C(=O)NCCCCC1CCCCC1CCCCCCCCCP(=O)(O)O. The van der Waals surface area contributed by atoms with Crippen LogP contribution in [0.25, 0.3) is 0 Å². The molecule has 2 atom stereocenters. The number of hydrogen-bond donors (Lipinski definition) is 4. The zero-order chi connectivity index (χ0) is 22.2. The number of carbonyl (C=O) groups is 2. The van der Waals surface area contributed by atoms with Crippen molar-refractivity contribution in [3.05, 3.63) is 0 Å². The lowest BCUT2D eigenvalue weighted by Gasteiger charge is -2.32. The molecule has 8 heteroatoms. The average molecular weight is 447 g/mol. The van der Waals surface area contributed by atoms with Crippen LogP contribution < -0.4 is 10.6 Å². The van der Waals surface area contributed by atoms with E-state index >= 15 is 0 Å². The smallest absolute Gasteiger partial charge is 0.325 e. The number of likely N-dealkylation sites (N-methyl/N-ethyl adjacent to an activating group) is 1. The lowest BCUT2D eigenvalue weighted by molar-refractivity contribution is -0.138. The van der Waals surface area contributed by atoms with E-state index in [0.29, 0.717) is 13.0 Å². The highest BCUT2D eigenvalue weighted by molar-refractivity contribution is 7.51. The van der Waals surface area contributed by atoms with Crippen LogP contribution in [0.2, 0.25) is 0 Å². The number of amides is 2. The fourth-order valence-electron chi connectivity index (χ4n) is 4.58. The van der Waals surface area contributed by atoms with Crippen molar-refractivity contribution in [3.63, 3.8) is 0 Å². The number of hydrogen-bond acceptors (Lipinski definition) is 3. The molecule has 0 heterocycles. The molecule has 30 heavy (non-hydrogen) atoms. The first kappa shape index (κ1) is 27.1. The van der Waals surface area contributed by atoms with Gasteiger partial charge in [-0.1, -0.05) is 83.5 Å². The van der Waals surface area contributed by atoms with Gasteiger partial charge in [0.25, 0.3) is 0 Å². The molecule has 1 saturated carbocycles. The first-order chi connectivity index (χ1) is 14.3. The number of carbonyl (C=O) groups excluding carboxylic acids is 2. The molecule has 1 aliphatic carbocycles. The lowest BCUT2D eigenvalue weighted by atomic mass is 9.74. The first-order valence-corrected chi connectivity index (χ1v) is 13.7. The molecule has 0 radical (unpaired) electrons. The van der Waals surface area contributed by atoms with Gasteiger partial charge in [0.15, 0.2) is 0 Å². The second-order valence-corrected chi connectivity index (χ2v) is 10.6. The molecule has 0 aromatic rings. The molecule has 1 rings (SSSR count). The molecule has 176 valence electrons. The molecule has 1 fully saturated rings. The van der Waals surface area contributed by atoms with Crippen molar-refractivity contribution < 1.29 is 23.9 Å². The van der Waals surface area contributed by atoms with E-state index in [1.165, 1.54) is 64.8 Å². The lowest BCUT2D eigenvalue weighted by Crippen LogP contribution is -2.38. The number of rotatable bonds is 15. The Hall–Kier alpha value is -0.910. The van der Waals surface area contributed by atoms with Crippen LogP contribution in [0.3, 0.4) is 0 Å². The van der Waals surface area contributed by atoms with Crippen LogP contribution in [0.1, 0.15) is 96.3 Å². The zero-order valence-electron chi connectivity index (χ0n) is 18.7. The molecule has 0 aromatic heterocycles. The monoisotopic (exact) mass is 446 g/mol. The largest absolute Gasteiger partial charge is 0.351 e. The minimum atomic E-state index is -3.81. The topological polar surface area (TPSA) is 116 Å². The summed E-state index contributed by atoms with van der Waals surface area (Å²) in [6.07, 6.45) is 17.5. The van der Waals surface area contributed by atoms with E-state index in [1.54, 1.807) is 0 Å². The molecule has 0 spiro atoms. The van der Waals surface area contributed by atoms with Crippen molar-refractivity contribution in [3.8, 4) is 0 Å². The van der Waals surface area contributed by atoms with Crippen molar-refractivity contribution in [2.75, 3.05) is 19.8 Å². The Kier molecular flexibility index (Phi) is 14.3. The van der Waals surface area contributed by atoms with Crippen molar-refractivity contribution in [1.82, 2.24) is 10.6 Å². The third kappa shape index (κ3) is 13.4. The first-order valence-electron chi connectivity index (χ1n) is 11.9. The van der Waals surface area contributed by atoms with E-state index in [0.717, 1.165) is 43.9 Å². The second kappa shape index (κ2) is 15.8. The quantitative estimate of drug-likeness (QED) is 0.172. The molecule has 0 saturated heterocycles. The Morgan fingerprint density at radius 3 is 1.83 bits per heavy atom. The van der Waals surface area contributed by atoms with Crippen LogP contribution >= 0.6 is 7.60 Å². The molecule has 4 N–H and O–H groups in total. The molecule has 0 aliphatic heterocycles. The maximum absolute atomic E-state index is 11.4. The summed E-state index contributed by atoms with van der Waals surface area (Å²) in [6.45, 7) is 0.567. The predicted octanol–water partition coefficient (Wildman–Crippen LogP) is 4.12. The number of nitrogens with one attached hydrogen (secondary N) is 2. The van der Waals surface area contributed by atoms with Gasteiger partial charge in [0.1, 0.15) is 0 Å². The fraction of sp³-hybridized carbons (Fsp3) is 0.909. The van der Waals surface area contributed by atoms with E-state index in [9.17, 15) is 14.2 Å². The normalized spacial score (nSPS) is 19.4. The summed E-state index contributed by atoms with van der Waals surface area (Å²) in [6, 6.07) is 0. The molecular formula is C22H43N2O5P. The van der Waals surface area contributed by atoms with Gasteiger partial charge >= 0.3 is 19.4 Å². The summed E-state index contributed by atoms with van der Waals surface area (Å²) in [5, 5.41) is 5.00. The van der Waals surface area contributed by atoms with Crippen molar-refractivity contribution >= 4 is 19.4 Å². The fourth-order valence-corrected chi connectivity index (χ4v) is 5.22. The van der Waals surface area contributed by atoms with Gasteiger partial charge in [-0.25, -0.2) is 0 Å². The summed E-state index contributed by atoms with van der Waals surface area (Å²) in [5.74, 6) is 0.516. The third-order valence-electron chi connectivity index (χ3n) is 6.31.